The SMILES string of the molecule is CC1(C)OB(C(F)=C2CC(c3ccc(C(F)(F)F)cc3)C2)OC1(C)C. The molecule has 0 spiro atoms. The van der Waals surface area contributed by atoms with Gasteiger partial charge in [0.2, 0.25) is 0 Å². The quantitative estimate of drug-likeness (QED) is 0.519. The summed E-state index contributed by atoms with van der Waals surface area (Å²) in [7, 11) is -1.01. The molecule has 0 unspecified atom stereocenters. The van der Waals surface area contributed by atoms with Crippen LogP contribution in [0.2, 0.25) is 0 Å². The average Bonchev–Trinajstić information content (AvgIpc) is 2.65. The minimum Gasteiger partial charge on any atom is -0.398 e. The summed E-state index contributed by atoms with van der Waals surface area (Å²) in [5.41, 5.74) is -0.878. The fourth-order valence-electron chi connectivity index (χ4n) is 3.02. The molecule has 1 saturated carbocycles. The van der Waals surface area contributed by atoms with Gasteiger partial charge in [-0.1, -0.05) is 12.1 Å². The first-order valence-corrected chi connectivity index (χ1v) is 8.31. The van der Waals surface area contributed by atoms with Crippen molar-refractivity contribution >= 4 is 7.12 Å². The molecule has 2 nitrogen and oxygen atoms in total. The lowest BCUT2D eigenvalue weighted by Crippen LogP contribution is -2.41. The first-order chi connectivity index (χ1) is 11.4. The van der Waals surface area contributed by atoms with Crippen molar-refractivity contribution in [3.8, 4) is 0 Å². The van der Waals surface area contributed by atoms with Gasteiger partial charge < -0.3 is 9.31 Å². The molecule has 2 aliphatic rings. The highest BCUT2D eigenvalue weighted by molar-refractivity contribution is 6.53. The lowest BCUT2D eigenvalue weighted by atomic mass is 9.70. The Morgan fingerprint density at radius 3 is 1.92 bits per heavy atom. The lowest BCUT2D eigenvalue weighted by molar-refractivity contribution is -0.137. The molecular weight excluding hydrogens is 335 g/mol. The van der Waals surface area contributed by atoms with Crippen molar-refractivity contribution in [1.82, 2.24) is 0 Å². The second kappa shape index (κ2) is 5.84. The molecule has 1 aliphatic carbocycles. The first-order valence-electron chi connectivity index (χ1n) is 8.31. The molecule has 0 amide bonds. The normalized spacial score (nSPS) is 25.0. The zero-order chi connectivity index (χ0) is 18.6. The maximum atomic E-state index is 14.6. The Kier molecular flexibility index (Phi) is 4.31. The van der Waals surface area contributed by atoms with E-state index < -0.39 is 35.8 Å². The maximum absolute atomic E-state index is 14.6. The highest BCUT2D eigenvalue weighted by atomic mass is 19.4. The smallest absolute Gasteiger partial charge is 0.398 e. The topological polar surface area (TPSA) is 18.5 Å². The fraction of sp³-hybridized carbons (Fsp3) is 0.556. The summed E-state index contributed by atoms with van der Waals surface area (Å²) in [6.45, 7) is 7.43. The zero-order valence-corrected chi connectivity index (χ0v) is 14.7. The lowest BCUT2D eigenvalue weighted by Gasteiger charge is -2.32. The van der Waals surface area contributed by atoms with E-state index in [2.05, 4.69) is 0 Å². The number of rotatable bonds is 2. The third-order valence-electron chi connectivity index (χ3n) is 5.49. The van der Waals surface area contributed by atoms with Crippen LogP contribution in [0.25, 0.3) is 0 Å². The minimum atomic E-state index is -4.34. The van der Waals surface area contributed by atoms with Gasteiger partial charge in [-0.25, -0.2) is 4.39 Å². The minimum absolute atomic E-state index is 0.0328. The molecule has 0 radical (unpaired) electrons. The maximum Gasteiger partial charge on any atom is 0.525 e. The first kappa shape index (κ1) is 18.5. The Morgan fingerprint density at radius 2 is 1.48 bits per heavy atom. The van der Waals surface area contributed by atoms with Gasteiger partial charge in [0.15, 0.2) is 0 Å². The van der Waals surface area contributed by atoms with E-state index in [1.54, 1.807) is 0 Å². The Labute approximate surface area is 145 Å². The van der Waals surface area contributed by atoms with Gasteiger partial charge in [-0.15, -0.1) is 0 Å². The second-order valence-corrected chi connectivity index (χ2v) is 7.76. The van der Waals surface area contributed by atoms with Gasteiger partial charge in [0.25, 0.3) is 0 Å². The van der Waals surface area contributed by atoms with Crippen molar-refractivity contribution < 1.29 is 26.9 Å². The van der Waals surface area contributed by atoms with Crippen LogP contribution < -0.4 is 0 Å². The van der Waals surface area contributed by atoms with Crippen LogP contribution in [0.1, 0.15) is 57.6 Å². The molecule has 0 aromatic heterocycles. The van der Waals surface area contributed by atoms with Crippen LogP contribution in [0.4, 0.5) is 17.6 Å². The molecule has 136 valence electrons. The van der Waals surface area contributed by atoms with E-state index in [0.717, 1.165) is 17.7 Å². The average molecular weight is 356 g/mol. The van der Waals surface area contributed by atoms with Crippen molar-refractivity contribution in [2.24, 2.45) is 0 Å². The van der Waals surface area contributed by atoms with Crippen molar-refractivity contribution in [3.05, 3.63) is 46.7 Å². The van der Waals surface area contributed by atoms with E-state index in [1.165, 1.54) is 12.1 Å². The summed E-state index contributed by atoms with van der Waals surface area (Å²) in [4.78, 5) is 0. The van der Waals surface area contributed by atoms with Crippen LogP contribution in [-0.2, 0) is 15.5 Å². The molecule has 1 heterocycles. The summed E-state index contributed by atoms with van der Waals surface area (Å²) >= 11 is 0. The van der Waals surface area contributed by atoms with E-state index in [9.17, 15) is 17.6 Å². The summed E-state index contributed by atoms with van der Waals surface area (Å²) < 4.78 is 63.8. The summed E-state index contributed by atoms with van der Waals surface area (Å²) in [6.07, 6.45) is -3.39. The van der Waals surface area contributed by atoms with E-state index in [0.29, 0.717) is 18.4 Å². The van der Waals surface area contributed by atoms with Gasteiger partial charge in [-0.2, -0.15) is 13.2 Å². The summed E-state index contributed by atoms with van der Waals surface area (Å²) in [5.74, 6) is 0.0328. The molecule has 1 aromatic rings. The monoisotopic (exact) mass is 356 g/mol. The van der Waals surface area contributed by atoms with Crippen molar-refractivity contribution in [1.29, 1.82) is 0 Å². The number of allylic oxidation sites excluding steroid dienone is 1. The predicted molar refractivity (Wildman–Crippen MR) is 87.6 cm³/mol. The zero-order valence-electron chi connectivity index (χ0n) is 14.7. The van der Waals surface area contributed by atoms with Crippen LogP contribution in [0, 0.1) is 0 Å². The summed E-state index contributed by atoms with van der Waals surface area (Å²) in [6, 6.07) is 5.08. The molecular formula is C18H21BF4O2. The molecule has 1 aliphatic heterocycles. The fourth-order valence-corrected chi connectivity index (χ4v) is 3.02. The van der Waals surface area contributed by atoms with Gasteiger partial charge >= 0.3 is 13.3 Å². The van der Waals surface area contributed by atoms with E-state index >= 15 is 0 Å². The van der Waals surface area contributed by atoms with Crippen LogP contribution in [-0.4, -0.2) is 18.3 Å². The van der Waals surface area contributed by atoms with Gasteiger partial charge in [-0.05, 0) is 69.7 Å². The molecule has 7 heteroatoms. The molecule has 0 bridgehead atoms. The molecule has 25 heavy (non-hydrogen) atoms. The number of benzene rings is 1. The number of hydrogen-bond donors (Lipinski definition) is 0. The number of hydrogen-bond acceptors (Lipinski definition) is 2. The molecule has 1 saturated heterocycles. The van der Waals surface area contributed by atoms with Crippen molar-refractivity contribution in [3.63, 3.8) is 0 Å². The Morgan fingerprint density at radius 1 is 1.00 bits per heavy atom. The van der Waals surface area contributed by atoms with Crippen LogP contribution in [0.5, 0.6) is 0 Å². The number of halogens is 4. The molecule has 3 rings (SSSR count). The van der Waals surface area contributed by atoms with Crippen LogP contribution >= 0.6 is 0 Å². The largest absolute Gasteiger partial charge is 0.525 e. The van der Waals surface area contributed by atoms with Gasteiger partial charge in [0.05, 0.1) is 16.8 Å². The van der Waals surface area contributed by atoms with E-state index in [1.807, 2.05) is 27.7 Å². The highest BCUT2D eigenvalue weighted by Crippen LogP contribution is 2.46. The van der Waals surface area contributed by atoms with Gasteiger partial charge in [-0.3, -0.25) is 0 Å². The molecule has 1 aromatic carbocycles. The molecule has 2 fully saturated rings. The predicted octanol–water partition coefficient (Wildman–Crippen LogP) is 5.44. The Hall–Kier alpha value is -1.34. The van der Waals surface area contributed by atoms with Crippen LogP contribution in [0.15, 0.2) is 35.6 Å². The van der Waals surface area contributed by atoms with Crippen LogP contribution in [0.3, 0.4) is 0 Å². The molecule has 0 atom stereocenters. The van der Waals surface area contributed by atoms with Crippen molar-refractivity contribution in [2.75, 3.05) is 0 Å². The van der Waals surface area contributed by atoms with E-state index in [4.69, 9.17) is 9.31 Å². The van der Waals surface area contributed by atoms with E-state index in [-0.39, 0.29) is 5.92 Å². The van der Waals surface area contributed by atoms with Crippen molar-refractivity contribution in [2.45, 2.75) is 63.8 Å². The highest BCUT2D eigenvalue weighted by Gasteiger charge is 2.54. The van der Waals surface area contributed by atoms with Gasteiger partial charge in [0.1, 0.15) is 5.73 Å². The Bertz CT molecular complexity index is 668. The Balaban J connectivity index is 1.67. The molecule has 0 N–H and O–H groups in total. The standard InChI is InChI=1S/C18H21BF4O2/c1-16(2)17(3,4)25-19(24-16)15(20)13-9-12(10-13)11-5-7-14(8-6-11)18(21,22)23/h5-8,12H,9-10H2,1-4H3. The second-order valence-electron chi connectivity index (χ2n) is 7.76. The summed E-state index contributed by atoms with van der Waals surface area (Å²) in [5, 5.41) is 0. The third-order valence-corrected chi connectivity index (χ3v) is 5.49. The third kappa shape index (κ3) is 3.36. The number of alkyl halides is 3. The van der Waals surface area contributed by atoms with Gasteiger partial charge in [0, 0.05) is 0 Å².